The molecule has 0 heterocycles. The van der Waals surface area contributed by atoms with E-state index in [4.69, 9.17) is 0 Å². The highest BCUT2D eigenvalue weighted by Gasteiger charge is 2.34. The Kier molecular flexibility index (Phi) is 8.08. The standard InChI is InChI=1S/C23H20F6N2O2/c1-30-20-9-5-14(11-18(20)22(24,25)26)3-7-16(32)13-17(33)8-4-15-6-10-21(31-2)19(12-15)23(27,28)29/h3-12,30-31H,13H2,1-2H3/b7-3+,8-4+. The van der Waals surface area contributed by atoms with Gasteiger partial charge in [-0.25, -0.2) is 0 Å². The highest BCUT2D eigenvalue weighted by Crippen LogP contribution is 2.36. The summed E-state index contributed by atoms with van der Waals surface area (Å²) in [5, 5.41) is 4.87. The van der Waals surface area contributed by atoms with Gasteiger partial charge in [0.05, 0.1) is 17.5 Å². The zero-order valence-corrected chi connectivity index (χ0v) is 17.6. The maximum absolute atomic E-state index is 13.1. The van der Waals surface area contributed by atoms with Crippen LogP contribution < -0.4 is 10.6 Å². The van der Waals surface area contributed by atoms with Crippen molar-refractivity contribution in [2.75, 3.05) is 24.7 Å². The lowest BCUT2D eigenvalue weighted by Crippen LogP contribution is -2.09. The van der Waals surface area contributed by atoms with E-state index in [2.05, 4.69) is 10.6 Å². The molecule has 0 aliphatic heterocycles. The second kappa shape index (κ2) is 10.4. The molecule has 2 aromatic carbocycles. The van der Waals surface area contributed by atoms with Crippen molar-refractivity contribution in [3.63, 3.8) is 0 Å². The SMILES string of the molecule is CNc1ccc(/C=C/C(=O)CC(=O)/C=C/c2ccc(NC)c(C(F)(F)F)c2)cc1C(F)(F)F. The van der Waals surface area contributed by atoms with Crippen LogP contribution in [0.4, 0.5) is 37.7 Å². The number of benzene rings is 2. The van der Waals surface area contributed by atoms with Crippen molar-refractivity contribution in [1.82, 2.24) is 0 Å². The summed E-state index contributed by atoms with van der Waals surface area (Å²) >= 11 is 0. The summed E-state index contributed by atoms with van der Waals surface area (Å²) in [6.07, 6.45) is -5.52. The smallest absolute Gasteiger partial charge is 0.388 e. The van der Waals surface area contributed by atoms with E-state index in [-0.39, 0.29) is 22.5 Å². The maximum Gasteiger partial charge on any atom is 0.418 e. The Morgan fingerprint density at radius 3 is 1.39 bits per heavy atom. The highest BCUT2D eigenvalue weighted by atomic mass is 19.4. The number of anilines is 2. The van der Waals surface area contributed by atoms with Crippen molar-refractivity contribution in [1.29, 1.82) is 0 Å². The number of carbonyl (C=O) groups excluding carboxylic acids is 2. The van der Waals surface area contributed by atoms with Gasteiger partial charge in [-0.1, -0.05) is 24.3 Å². The van der Waals surface area contributed by atoms with Crippen LogP contribution in [0.15, 0.2) is 48.6 Å². The van der Waals surface area contributed by atoms with Crippen molar-refractivity contribution in [2.24, 2.45) is 0 Å². The number of carbonyl (C=O) groups is 2. The molecule has 0 radical (unpaired) electrons. The molecule has 4 nitrogen and oxygen atoms in total. The first-order valence-corrected chi connectivity index (χ1v) is 9.55. The highest BCUT2D eigenvalue weighted by molar-refractivity contribution is 6.10. The fraction of sp³-hybridized carbons (Fsp3) is 0.217. The Labute approximate surface area is 186 Å². The van der Waals surface area contributed by atoms with E-state index < -0.39 is 41.5 Å². The van der Waals surface area contributed by atoms with Gasteiger partial charge in [0.25, 0.3) is 0 Å². The Hall–Kier alpha value is -3.56. The van der Waals surface area contributed by atoms with Gasteiger partial charge in [-0.15, -0.1) is 0 Å². The van der Waals surface area contributed by atoms with Gasteiger partial charge in [0.2, 0.25) is 0 Å². The predicted molar refractivity (Wildman–Crippen MR) is 115 cm³/mol. The zero-order chi connectivity index (χ0) is 24.8. The molecule has 33 heavy (non-hydrogen) atoms. The van der Waals surface area contributed by atoms with Crippen molar-refractivity contribution in [3.05, 3.63) is 70.8 Å². The molecule has 0 amide bonds. The molecule has 0 saturated carbocycles. The number of hydrogen-bond acceptors (Lipinski definition) is 4. The lowest BCUT2D eigenvalue weighted by molar-refractivity contribution is -0.137. The van der Waals surface area contributed by atoms with Crippen LogP contribution in [-0.4, -0.2) is 25.7 Å². The first-order valence-electron chi connectivity index (χ1n) is 9.55. The summed E-state index contributed by atoms with van der Waals surface area (Å²) in [6, 6.07) is 6.92. The summed E-state index contributed by atoms with van der Waals surface area (Å²) in [5.41, 5.74) is -1.82. The lowest BCUT2D eigenvalue weighted by Gasteiger charge is -2.13. The van der Waals surface area contributed by atoms with Crippen LogP contribution in [0.25, 0.3) is 12.2 Å². The second-order valence-corrected chi connectivity index (χ2v) is 6.88. The van der Waals surface area contributed by atoms with Crippen molar-refractivity contribution in [2.45, 2.75) is 18.8 Å². The fourth-order valence-electron chi connectivity index (χ4n) is 2.90. The third kappa shape index (κ3) is 7.23. The number of hydrogen-bond donors (Lipinski definition) is 2. The average Bonchev–Trinajstić information content (AvgIpc) is 2.74. The quantitative estimate of drug-likeness (QED) is 0.280. The van der Waals surface area contributed by atoms with E-state index in [1.807, 2.05) is 0 Å². The summed E-state index contributed by atoms with van der Waals surface area (Å²) in [7, 11) is 2.70. The molecular weight excluding hydrogens is 450 g/mol. The molecule has 10 heteroatoms. The van der Waals surface area contributed by atoms with E-state index in [9.17, 15) is 35.9 Å². The second-order valence-electron chi connectivity index (χ2n) is 6.88. The third-order valence-corrected chi connectivity index (χ3v) is 4.51. The maximum atomic E-state index is 13.1. The van der Waals surface area contributed by atoms with Crippen LogP contribution in [0, 0.1) is 0 Å². The number of rotatable bonds is 8. The van der Waals surface area contributed by atoms with E-state index in [1.54, 1.807) is 0 Å². The minimum absolute atomic E-state index is 0.113. The Balaban J connectivity index is 2.08. The minimum Gasteiger partial charge on any atom is -0.388 e. The first-order chi connectivity index (χ1) is 15.3. The topological polar surface area (TPSA) is 58.2 Å². The molecule has 176 valence electrons. The number of ketones is 2. The van der Waals surface area contributed by atoms with Gasteiger partial charge in [-0.3, -0.25) is 9.59 Å². The van der Waals surface area contributed by atoms with Crippen molar-refractivity contribution >= 4 is 35.1 Å². The average molecular weight is 470 g/mol. The van der Waals surface area contributed by atoms with Gasteiger partial charge in [-0.2, -0.15) is 26.3 Å². The minimum atomic E-state index is -4.59. The molecule has 0 aromatic heterocycles. The first kappa shape index (κ1) is 25.7. The van der Waals surface area contributed by atoms with Crippen LogP contribution in [0.2, 0.25) is 0 Å². The molecule has 2 N–H and O–H groups in total. The van der Waals surface area contributed by atoms with Crippen LogP contribution in [-0.2, 0) is 21.9 Å². The summed E-state index contributed by atoms with van der Waals surface area (Å²) in [4.78, 5) is 24.0. The van der Waals surface area contributed by atoms with Gasteiger partial charge >= 0.3 is 12.4 Å². The molecule has 2 aromatic rings. The van der Waals surface area contributed by atoms with E-state index in [0.717, 1.165) is 36.4 Å². The van der Waals surface area contributed by atoms with Crippen LogP contribution in [0.5, 0.6) is 0 Å². The number of alkyl halides is 6. The van der Waals surface area contributed by atoms with Gasteiger partial charge in [0, 0.05) is 25.5 Å². The van der Waals surface area contributed by atoms with Crippen LogP contribution >= 0.6 is 0 Å². The third-order valence-electron chi connectivity index (χ3n) is 4.51. The normalized spacial score (nSPS) is 12.4. The zero-order valence-electron chi connectivity index (χ0n) is 17.6. The molecule has 0 bridgehead atoms. The molecule has 0 fully saturated rings. The van der Waals surface area contributed by atoms with E-state index in [1.165, 1.54) is 38.4 Å². The van der Waals surface area contributed by atoms with Gasteiger partial charge in [0.15, 0.2) is 11.6 Å². The van der Waals surface area contributed by atoms with Gasteiger partial charge < -0.3 is 10.6 Å². The Morgan fingerprint density at radius 1 is 0.727 bits per heavy atom. The largest absolute Gasteiger partial charge is 0.418 e. The molecule has 0 unspecified atom stereocenters. The molecule has 0 saturated heterocycles. The number of allylic oxidation sites excluding steroid dienone is 2. The fourth-order valence-corrected chi connectivity index (χ4v) is 2.90. The summed E-state index contributed by atoms with van der Waals surface area (Å²) in [5.74, 6) is -1.34. The molecule has 0 spiro atoms. The van der Waals surface area contributed by atoms with E-state index in [0.29, 0.717) is 0 Å². The van der Waals surface area contributed by atoms with Crippen LogP contribution in [0.1, 0.15) is 28.7 Å². The van der Waals surface area contributed by atoms with Gasteiger partial charge in [0.1, 0.15) is 0 Å². The number of halogens is 6. The molecule has 0 aliphatic rings. The Bertz CT molecular complexity index is 1000. The molecule has 2 rings (SSSR count). The monoisotopic (exact) mass is 470 g/mol. The lowest BCUT2D eigenvalue weighted by atomic mass is 10.1. The van der Waals surface area contributed by atoms with Crippen molar-refractivity contribution < 1.29 is 35.9 Å². The van der Waals surface area contributed by atoms with Crippen LogP contribution in [0.3, 0.4) is 0 Å². The molecule has 0 aliphatic carbocycles. The molecular formula is C23H20F6N2O2. The molecule has 0 atom stereocenters. The van der Waals surface area contributed by atoms with Gasteiger partial charge in [-0.05, 0) is 47.5 Å². The van der Waals surface area contributed by atoms with E-state index >= 15 is 0 Å². The predicted octanol–water partition coefficient (Wildman–Crippen LogP) is 6.06. The Morgan fingerprint density at radius 2 is 1.09 bits per heavy atom. The summed E-state index contributed by atoms with van der Waals surface area (Å²) < 4.78 is 78.6. The number of nitrogens with one attached hydrogen (secondary N) is 2. The van der Waals surface area contributed by atoms with Crippen molar-refractivity contribution in [3.8, 4) is 0 Å². The summed E-state index contributed by atoms with van der Waals surface area (Å²) in [6.45, 7) is 0.